The van der Waals surface area contributed by atoms with Crippen molar-refractivity contribution < 1.29 is 9.59 Å². The van der Waals surface area contributed by atoms with E-state index in [1.807, 2.05) is 19.1 Å². The van der Waals surface area contributed by atoms with Crippen LogP contribution < -0.4 is 5.32 Å². The van der Waals surface area contributed by atoms with Crippen LogP contribution in [-0.4, -0.2) is 29.3 Å². The molecule has 0 unspecified atom stereocenters. The molecule has 1 N–H and O–H groups in total. The number of carbonyl (C=O) groups is 2. The summed E-state index contributed by atoms with van der Waals surface area (Å²) < 4.78 is 0. The van der Waals surface area contributed by atoms with E-state index in [2.05, 4.69) is 36.5 Å². The zero-order valence-electron chi connectivity index (χ0n) is 17.6. The molecule has 0 saturated heterocycles. The maximum absolute atomic E-state index is 13.1. The number of nitrogens with one attached hydrogen (secondary N) is 1. The first kappa shape index (κ1) is 23.0. The first-order chi connectivity index (χ1) is 13.9. The van der Waals surface area contributed by atoms with Crippen LogP contribution in [0.1, 0.15) is 50.3 Å². The highest BCUT2D eigenvalue weighted by Gasteiger charge is 2.25. The Balaban J connectivity index is 2.09. The molecular formula is C24H31ClN2O2. The van der Waals surface area contributed by atoms with E-state index in [1.54, 1.807) is 24.0 Å². The Labute approximate surface area is 179 Å². The van der Waals surface area contributed by atoms with Gasteiger partial charge in [-0.2, -0.15) is 0 Å². The summed E-state index contributed by atoms with van der Waals surface area (Å²) in [4.78, 5) is 27.2. The molecule has 2 aromatic rings. The summed E-state index contributed by atoms with van der Waals surface area (Å²) in [7, 11) is 0. The minimum absolute atomic E-state index is 0.0290. The van der Waals surface area contributed by atoms with Crippen molar-refractivity contribution in [3.8, 4) is 0 Å². The Bertz CT molecular complexity index is 788. The van der Waals surface area contributed by atoms with Crippen LogP contribution >= 0.6 is 11.6 Å². The zero-order valence-corrected chi connectivity index (χ0v) is 18.3. The minimum Gasteiger partial charge on any atom is -0.354 e. The van der Waals surface area contributed by atoms with Crippen LogP contribution in [0.15, 0.2) is 48.5 Å². The SMILES string of the molecule is CCCNC(=O)[C@H](C)N(Cc1ccc(Cl)cc1)C(=O)CCc1ccc(CC)cc1. The van der Waals surface area contributed by atoms with Gasteiger partial charge in [0.15, 0.2) is 0 Å². The lowest BCUT2D eigenvalue weighted by molar-refractivity contribution is -0.140. The fraction of sp³-hybridized carbons (Fsp3) is 0.417. The predicted octanol–water partition coefficient (Wildman–Crippen LogP) is 4.78. The average molecular weight is 415 g/mol. The topological polar surface area (TPSA) is 49.4 Å². The Morgan fingerprint density at radius 3 is 2.14 bits per heavy atom. The highest BCUT2D eigenvalue weighted by Crippen LogP contribution is 2.16. The fourth-order valence-electron chi connectivity index (χ4n) is 3.10. The molecule has 0 fully saturated rings. The van der Waals surface area contributed by atoms with Gasteiger partial charge in [-0.05, 0) is 55.0 Å². The standard InChI is InChI=1S/C24H31ClN2O2/c1-4-16-26-24(29)18(3)27(17-21-10-13-22(25)14-11-21)23(28)15-12-20-8-6-19(5-2)7-9-20/h6-11,13-14,18H,4-5,12,15-17H2,1-3H3,(H,26,29)/t18-/m0/s1. The molecule has 0 aromatic heterocycles. The molecule has 0 aliphatic rings. The molecule has 5 heteroatoms. The maximum atomic E-state index is 13.1. The van der Waals surface area contributed by atoms with E-state index in [9.17, 15) is 9.59 Å². The van der Waals surface area contributed by atoms with E-state index < -0.39 is 6.04 Å². The molecule has 0 aliphatic heterocycles. The Kier molecular flexibility index (Phi) is 9.20. The number of halogens is 1. The summed E-state index contributed by atoms with van der Waals surface area (Å²) in [6.45, 7) is 6.90. The Morgan fingerprint density at radius 1 is 0.966 bits per heavy atom. The second kappa shape index (κ2) is 11.6. The van der Waals surface area contributed by atoms with Crippen molar-refractivity contribution in [1.29, 1.82) is 0 Å². The smallest absolute Gasteiger partial charge is 0.242 e. The molecule has 2 aromatic carbocycles. The van der Waals surface area contributed by atoms with E-state index in [0.717, 1.165) is 24.0 Å². The van der Waals surface area contributed by atoms with Gasteiger partial charge in [0.2, 0.25) is 11.8 Å². The summed E-state index contributed by atoms with van der Waals surface area (Å²) in [5.74, 6) is -0.153. The lowest BCUT2D eigenvalue weighted by Crippen LogP contribution is -2.47. The van der Waals surface area contributed by atoms with E-state index in [0.29, 0.717) is 31.0 Å². The van der Waals surface area contributed by atoms with E-state index in [4.69, 9.17) is 11.6 Å². The summed E-state index contributed by atoms with van der Waals surface area (Å²) in [5.41, 5.74) is 3.36. The van der Waals surface area contributed by atoms with Crippen LogP contribution in [0.4, 0.5) is 0 Å². The van der Waals surface area contributed by atoms with Gasteiger partial charge in [0.25, 0.3) is 0 Å². The van der Waals surface area contributed by atoms with Gasteiger partial charge in [-0.15, -0.1) is 0 Å². The fourth-order valence-corrected chi connectivity index (χ4v) is 3.23. The molecule has 2 rings (SSSR count). The number of nitrogens with zero attached hydrogens (tertiary/aromatic N) is 1. The average Bonchev–Trinajstić information content (AvgIpc) is 2.75. The number of benzene rings is 2. The molecule has 0 bridgehead atoms. The van der Waals surface area contributed by atoms with Crippen LogP contribution in [0.2, 0.25) is 5.02 Å². The van der Waals surface area contributed by atoms with Crippen LogP contribution in [0.3, 0.4) is 0 Å². The van der Waals surface area contributed by atoms with Crippen LogP contribution in [0.25, 0.3) is 0 Å². The normalized spacial score (nSPS) is 11.7. The van der Waals surface area contributed by atoms with Gasteiger partial charge < -0.3 is 10.2 Å². The van der Waals surface area contributed by atoms with Gasteiger partial charge in [-0.3, -0.25) is 9.59 Å². The van der Waals surface area contributed by atoms with Crippen molar-refractivity contribution in [2.45, 2.75) is 59.0 Å². The molecule has 29 heavy (non-hydrogen) atoms. The third-order valence-corrected chi connectivity index (χ3v) is 5.29. The quantitative estimate of drug-likeness (QED) is 0.608. The summed E-state index contributed by atoms with van der Waals surface area (Å²) in [6, 6.07) is 15.2. The Morgan fingerprint density at radius 2 is 1.55 bits per heavy atom. The highest BCUT2D eigenvalue weighted by molar-refractivity contribution is 6.30. The molecule has 0 radical (unpaired) electrons. The van der Waals surface area contributed by atoms with Crippen molar-refractivity contribution in [2.75, 3.05) is 6.54 Å². The first-order valence-corrected chi connectivity index (χ1v) is 10.7. The molecule has 4 nitrogen and oxygen atoms in total. The van der Waals surface area contributed by atoms with Gasteiger partial charge in [0.1, 0.15) is 6.04 Å². The van der Waals surface area contributed by atoms with E-state index in [1.165, 1.54) is 5.56 Å². The lowest BCUT2D eigenvalue weighted by Gasteiger charge is -2.29. The number of hydrogen-bond acceptors (Lipinski definition) is 2. The second-order valence-corrected chi connectivity index (χ2v) is 7.72. The van der Waals surface area contributed by atoms with E-state index >= 15 is 0 Å². The molecule has 156 valence electrons. The van der Waals surface area contributed by atoms with Crippen LogP contribution in [0, 0.1) is 0 Å². The lowest BCUT2D eigenvalue weighted by atomic mass is 10.0. The van der Waals surface area contributed by atoms with Crippen molar-refractivity contribution in [3.05, 3.63) is 70.2 Å². The monoisotopic (exact) mass is 414 g/mol. The molecule has 0 spiro atoms. The number of aryl methyl sites for hydroxylation is 2. The second-order valence-electron chi connectivity index (χ2n) is 7.29. The van der Waals surface area contributed by atoms with Gasteiger partial charge >= 0.3 is 0 Å². The maximum Gasteiger partial charge on any atom is 0.242 e. The molecule has 1 atom stereocenters. The molecular weight excluding hydrogens is 384 g/mol. The predicted molar refractivity (Wildman–Crippen MR) is 119 cm³/mol. The molecule has 2 amide bonds. The third kappa shape index (κ3) is 7.21. The summed E-state index contributed by atoms with van der Waals surface area (Å²) >= 11 is 5.98. The highest BCUT2D eigenvalue weighted by atomic mass is 35.5. The number of carbonyl (C=O) groups excluding carboxylic acids is 2. The Hall–Kier alpha value is -2.33. The van der Waals surface area contributed by atoms with E-state index in [-0.39, 0.29) is 11.8 Å². The van der Waals surface area contributed by atoms with Gasteiger partial charge in [0, 0.05) is 24.5 Å². The van der Waals surface area contributed by atoms with Crippen molar-refractivity contribution >= 4 is 23.4 Å². The molecule has 0 saturated carbocycles. The third-order valence-electron chi connectivity index (χ3n) is 5.04. The first-order valence-electron chi connectivity index (χ1n) is 10.3. The number of rotatable bonds is 10. The van der Waals surface area contributed by atoms with Crippen LogP contribution in [-0.2, 0) is 29.0 Å². The minimum atomic E-state index is -0.535. The molecule has 0 heterocycles. The zero-order chi connectivity index (χ0) is 21.2. The molecule has 0 aliphatic carbocycles. The van der Waals surface area contributed by atoms with Crippen molar-refractivity contribution in [3.63, 3.8) is 0 Å². The van der Waals surface area contributed by atoms with Gasteiger partial charge in [-0.25, -0.2) is 0 Å². The van der Waals surface area contributed by atoms with Gasteiger partial charge in [0.05, 0.1) is 0 Å². The van der Waals surface area contributed by atoms with Crippen LogP contribution in [0.5, 0.6) is 0 Å². The van der Waals surface area contributed by atoms with Gasteiger partial charge in [-0.1, -0.05) is 61.8 Å². The summed E-state index contributed by atoms with van der Waals surface area (Å²) in [6.07, 6.45) is 2.88. The van der Waals surface area contributed by atoms with Crippen molar-refractivity contribution in [1.82, 2.24) is 10.2 Å². The largest absolute Gasteiger partial charge is 0.354 e. The van der Waals surface area contributed by atoms with Crippen molar-refractivity contribution in [2.24, 2.45) is 0 Å². The summed E-state index contributed by atoms with van der Waals surface area (Å²) in [5, 5.41) is 3.54. The number of hydrogen-bond donors (Lipinski definition) is 1. The number of amides is 2.